The summed E-state index contributed by atoms with van der Waals surface area (Å²) < 4.78 is 19.3. The van der Waals surface area contributed by atoms with Crippen molar-refractivity contribution in [3.05, 3.63) is 29.6 Å². The predicted octanol–water partition coefficient (Wildman–Crippen LogP) is 2.48. The maximum atomic E-state index is 14.0. The molecule has 1 aliphatic rings. The average molecular weight is 223 g/mol. The molecule has 0 atom stereocenters. The first kappa shape index (κ1) is 11.4. The molecule has 0 saturated carbocycles. The second kappa shape index (κ2) is 4.42. The second-order valence-electron chi connectivity index (χ2n) is 4.63. The molecule has 3 heteroatoms. The Morgan fingerprint density at radius 1 is 1.31 bits per heavy atom. The first-order chi connectivity index (χ1) is 7.67. The molecular formula is C13H18FNO. The van der Waals surface area contributed by atoms with Gasteiger partial charge in [-0.05, 0) is 38.1 Å². The van der Waals surface area contributed by atoms with E-state index in [2.05, 4.69) is 12.2 Å². The molecule has 2 rings (SSSR count). The molecule has 0 amide bonds. The molecule has 0 spiro atoms. The summed E-state index contributed by atoms with van der Waals surface area (Å²) in [5, 5.41) is 3.30. The second-order valence-corrected chi connectivity index (χ2v) is 4.63. The molecule has 1 fully saturated rings. The van der Waals surface area contributed by atoms with E-state index in [0.29, 0.717) is 5.75 Å². The van der Waals surface area contributed by atoms with Crippen molar-refractivity contribution in [1.82, 2.24) is 5.32 Å². The zero-order valence-electron chi connectivity index (χ0n) is 9.85. The van der Waals surface area contributed by atoms with Gasteiger partial charge in [0.15, 0.2) is 0 Å². The highest BCUT2D eigenvalue weighted by Crippen LogP contribution is 2.39. The van der Waals surface area contributed by atoms with Crippen LogP contribution in [0.5, 0.6) is 5.75 Å². The lowest BCUT2D eigenvalue weighted by atomic mass is 9.74. The first-order valence-electron chi connectivity index (χ1n) is 5.71. The third-order valence-electron chi connectivity index (χ3n) is 3.51. The Morgan fingerprint density at radius 2 is 2.00 bits per heavy atom. The van der Waals surface area contributed by atoms with Crippen LogP contribution in [0.25, 0.3) is 0 Å². The third-order valence-corrected chi connectivity index (χ3v) is 3.51. The highest BCUT2D eigenvalue weighted by Gasteiger charge is 2.33. The fourth-order valence-electron chi connectivity index (χ4n) is 2.49. The van der Waals surface area contributed by atoms with Crippen molar-refractivity contribution in [2.24, 2.45) is 0 Å². The Kier molecular flexibility index (Phi) is 3.15. The van der Waals surface area contributed by atoms with E-state index < -0.39 is 0 Å². The molecule has 1 aromatic carbocycles. The Labute approximate surface area is 95.8 Å². The lowest BCUT2D eigenvalue weighted by Gasteiger charge is -2.35. The fourth-order valence-corrected chi connectivity index (χ4v) is 2.49. The van der Waals surface area contributed by atoms with Crippen LogP contribution in [0.15, 0.2) is 18.2 Å². The van der Waals surface area contributed by atoms with E-state index in [1.165, 1.54) is 6.07 Å². The van der Waals surface area contributed by atoms with Crippen LogP contribution in [0.4, 0.5) is 4.39 Å². The van der Waals surface area contributed by atoms with E-state index in [0.717, 1.165) is 31.5 Å². The topological polar surface area (TPSA) is 21.3 Å². The van der Waals surface area contributed by atoms with Crippen LogP contribution in [0.1, 0.15) is 25.3 Å². The summed E-state index contributed by atoms with van der Waals surface area (Å²) >= 11 is 0. The highest BCUT2D eigenvalue weighted by atomic mass is 19.1. The number of rotatable bonds is 2. The molecule has 1 aliphatic heterocycles. The fraction of sp³-hybridized carbons (Fsp3) is 0.538. The van der Waals surface area contributed by atoms with Gasteiger partial charge in [0.1, 0.15) is 11.6 Å². The Morgan fingerprint density at radius 3 is 2.62 bits per heavy atom. The third kappa shape index (κ3) is 1.92. The maximum absolute atomic E-state index is 14.0. The van der Waals surface area contributed by atoms with Gasteiger partial charge in [-0.25, -0.2) is 4.39 Å². The van der Waals surface area contributed by atoms with Crippen molar-refractivity contribution in [1.29, 1.82) is 0 Å². The summed E-state index contributed by atoms with van der Waals surface area (Å²) in [6, 6.07) is 5.05. The van der Waals surface area contributed by atoms with Gasteiger partial charge in [0.25, 0.3) is 0 Å². The number of ether oxygens (including phenoxy) is 1. The quantitative estimate of drug-likeness (QED) is 0.831. The Bertz CT molecular complexity index is 372. The van der Waals surface area contributed by atoms with E-state index >= 15 is 0 Å². The molecule has 88 valence electrons. The minimum atomic E-state index is -0.149. The predicted molar refractivity (Wildman–Crippen MR) is 62.4 cm³/mol. The average Bonchev–Trinajstić information content (AvgIpc) is 2.29. The number of piperidine rings is 1. The summed E-state index contributed by atoms with van der Waals surface area (Å²) in [7, 11) is 1.60. The summed E-state index contributed by atoms with van der Waals surface area (Å²) in [5.74, 6) is 0.521. The van der Waals surface area contributed by atoms with E-state index in [4.69, 9.17) is 4.74 Å². The van der Waals surface area contributed by atoms with Gasteiger partial charge in [0.2, 0.25) is 0 Å². The lowest BCUT2D eigenvalue weighted by molar-refractivity contribution is 0.306. The molecule has 2 nitrogen and oxygen atoms in total. The SMILES string of the molecule is COc1cccc(F)c1C1(C)CCNCC1. The summed E-state index contributed by atoms with van der Waals surface area (Å²) in [5.41, 5.74) is 0.626. The van der Waals surface area contributed by atoms with Gasteiger partial charge in [-0.15, -0.1) is 0 Å². The van der Waals surface area contributed by atoms with Crippen molar-refractivity contribution < 1.29 is 9.13 Å². The number of methoxy groups -OCH3 is 1. The monoisotopic (exact) mass is 223 g/mol. The minimum Gasteiger partial charge on any atom is -0.496 e. The molecule has 0 unspecified atom stereocenters. The van der Waals surface area contributed by atoms with Crippen LogP contribution in [0, 0.1) is 5.82 Å². The summed E-state index contributed by atoms with van der Waals surface area (Å²) in [6.07, 6.45) is 1.90. The molecule has 0 aromatic heterocycles. The van der Waals surface area contributed by atoms with Crippen LogP contribution in [0.3, 0.4) is 0 Å². The molecule has 1 aromatic rings. The van der Waals surface area contributed by atoms with Crippen LogP contribution in [-0.2, 0) is 5.41 Å². The number of hydrogen-bond donors (Lipinski definition) is 1. The van der Waals surface area contributed by atoms with Gasteiger partial charge < -0.3 is 10.1 Å². The Balaban J connectivity index is 2.44. The van der Waals surface area contributed by atoms with Crippen LogP contribution >= 0.6 is 0 Å². The van der Waals surface area contributed by atoms with Gasteiger partial charge in [0, 0.05) is 11.0 Å². The van der Waals surface area contributed by atoms with Gasteiger partial charge in [0.05, 0.1) is 7.11 Å². The van der Waals surface area contributed by atoms with Gasteiger partial charge in [-0.2, -0.15) is 0 Å². The molecule has 1 saturated heterocycles. The van der Waals surface area contributed by atoms with Crippen LogP contribution in [-0.4, -0.2) is 20.2 Å². The minimum absolute atomic E-state index is 0.109. The standard InChI is InChI=1S/C13H18FNO/c1-13(6-8-15-9-7-13)12-10(14)4-3-5-11(12)16-2/h3-5,15H,6-9H2,1-2H3. The number of hydrogen-bond acceptors (Lipinski definition) is 2. The molecule has 0 bridgehead atoms. The number of halogens is 1. The molecular weight excluding hydrogens is 205 g/mol. The normalized spacial score (nSPS) is 19.4. The number of benzene rings is 1. The zero-order valence-corrected chi connectivity index (χ0v) is 9.85. The van der Waals surface area contributed by atoms with E-state index in [1.807, 2.05) is 6.07 Å². The molecule has 1 heterocycles. The van der Waals surface area contributed by atoms with Gasteiger partial charge >= 0.3 is 0 Å². The van der Waals surface area contributed by atoms with E-state index in [1.54, 1.807) is 13.2 Å². The zero-order chi connectivity index (χ0) is 11.6. The van der Waals surface area contributed by atoms with Crippen molar-refractivity contribution in [2.45, 2.75) is 25.2 Å². The van der Waals surface area contributed by atoms with Crippen molar-refractivity contribution in [2.75, 3.05) is 20.2 Å². The summed E-state index contributed by atoms with van der Waals surface area (Å²) in [6.45, 7) is 4.00. The first-order valence-corrected chi connectivity index (χ1v) is 5.71. The van der Waals surface area contributed by atoms with Crippen molar-refractivity contribution in [3.8, 4) is 5.75 Å². The van der Waals surface area contributed by atoms with Gasteiger partial charge in [-0.3, -0.25) is 0 Å². The lowest BCUT2D eigenvalue weighted by Crippen LogP contribution is -2.38. The molecule has 0 radical (unpaired) electrons. The van der Waals surface area contributed by atoms with Crippen molar-refractivity contribution >= 4 is 0 Å². The molecule has 16 heavy (non-hydrogen) atoms. The highest BCUT2D eigenvalue weighted by molar-refractivity contribution is 5.40. The maximum Gasteiger partial charge on any atom is 0.130 e. The van der Waals surface area contributed by atoms with Gasteiger partial charge in [-0.1, -0.05) is 13.0 Å². The summed E-state index contributed by atoms with van der Waals surface area (Å²) in [4.78, 5) is 0. The van der Waals surface area contributed by atoms with E-state index in [9.17, 15) is 4.39 Å². The van der Waals surface area contributed by atoms with E-state index in [-0.39, 0.29) is 11.2 Å². The van der Waals surface area contributed by atoms with Crippen LogP contribution < -0.4 is 10.1 Å². The largest absolute Gasteiger partial charge is 0.496 e. The smallest absolute Gasteiger partial charge is 0.130 e. The Hall–Kier alpha value is -1.09. The molecule has 0 aliphatic carbocycles. The molecule has 1 N–H and O–H groups in total. The van der Waals surface area contributed by atoms with Crippen molar-refractivity contribution in [3.63, 3.8) is 0 Å². The van der Waals surface area contributed by atoms with Crippen LogP contribution in [0.2, 0.25) is 0 Å². The number of nitrogens with one attached hydrogen (secondary N) is 1.